The van der Waals surface area contributed by atoms with Crippen molar-refractivity contribution in [2.24, 2.45) is 5.73 Å². The van der Waals surface area contributed by atoms with Gasteiger partial charge >= 0.3 is 0 Å². The first-order chi connectivity index (χ1) is 11.3. The van der Waals surface area contributed by atoms with Crippen molar-refractivity contribution in [1.82, 2.24) is 5.32 Å². The SMILES string of the molecule is Cc1ccc(C(=O)Nc2cccc(CNC(=O)C(C)(C)N)c2)cc1. The highest BCUT2D eigenvalue weighted by molar-refractivity contribution is 6.04. The monoisotopic (exact) mass is 325 g/mol. The molecule has 0 fully saturated rings. The minimum Gasteiger partial charge on any atom is -0.350 e. The molecule has 2 rings (SSSR count). The molecule has 0 aliphatic rings. The van der Waals surface area contributed by atoms with Gasteiger partial charge in [0.1, 0.15) is 0 Å². The number of hydrogen-bond donors (Lipinski definition) is 3. The summed E-state index contributed by atoms with van der Waals surface area (Å²) in [6.07, 6.45) is 0. The van der Waals surface area contributed by atoms with Gasteiger partial charge in [0.2, 0.25) is 5.91 Å². The van der Waals surface area contributed by atoms with E-state index in [4.69, 9.17) is 5.73 Å². The molecule has 0 aliphatic carbocycles. The Bertz CT molecular complexity index is 731. The average Bonchev–Trinajstić information content (AvgIpc) is 2.52. The van der Waals surface area contributed by atoms with Gasteiger partial charge in [0.25, 0.3) is 5.91 Å². The van der Waals surface area contributed by atoms with E-state index >= 15 is 0 Å². The van der Waals surface area contributed by atoms with Crippen LogP contribution in [-0.2, 0) is 11.3 Å². The molecule has 2 amide bonds. The Morgan fingerprint density at radius 2 is 1.75 bits per heavy atom. The first kappa shape index (κ1) is 17.7. The van der Waals surface area contributed by atoms with Crippen LogP contribution in [0.3, 0.4) is 0 Å². The summed E-state index contributed by atoms with van der Waals surface area (Å²) in [4.78, 5) is 24.0. The predicted molar refractivity (Wildman–Crippen MR) is 95.7 cm³/mol. The lowest BCUT2D eigenvalue weighted by atomic mass is 10.1. The molecule has 4 N–H and O–H groups in total. The first-order valence-corrected chi connectivity index (χ1v) is 7.80. The predicted octanol–water partition coefficient (Wildman–Crippen LogP) is 2.60. The summed E-state index contributed by atoms with van der Waals surface area (Å²) in [5, 5.41) is 5.64. The van der Waals surface area contributed by atoms with Crippen molar-refractivity contribution < 1.29 is 9.59 Å². The number of amides is 2. The Hall–Kier alpha value is -2.66. The van der Waals surface area contributed by atoms with Crippen LogP contribution in [0.4, 0.5) is 5.69 Å². The van der Waals surface area contributed by atoms with Crippen molar-refractivity contribution in [3.05, 3.63) is 65.2 Å². The molecule has 2 aromatic carbocycles. The summed E-state index contributed by atoms with van der Waals surface area (Å²) >= 11 is 0. The van der Waals surface area contributed by atoms with Crippen molar-refractivity contribution in [2.75, 3.05) is 5.32 Å². The molecule has 0 spiro atoms. The van der Waals surface area contributed by atoms with Gasteiger partial charge in [0.15, 0.2) is 0 Å². The first-order valence-electron chi connectivity index (χ1n) is 7.80. The van der Waals surface area contributed by atoms with Gasteiger partial charge in [-0.25, -0.2) is 0 Å². The van der Waals surface area contributed by atoms with Crippen molar-refractivity contribution in [3.8, 4) is 0 Å². The Kier molecular flexibility index (Phi) is 5.36. The lowest BCUT2D eigenvalue weighted by Gasteiger charge is -2.18. The topological polar surface area (TPSA) is 84.2 Å². The maximum absolute atomic E-state index is 12.2. The number of nitrogens with one attached hydrogen (secondary N) is 2. The highest BCUT2D eigenvalue weighted by Gasteiger charge is 2.21. The van der Waals surface area contributed by atoms with Crippen LogP contribution in [0.1, 0.15) is 35.3 Å². The van der Waals surface area contributed by atoms with E-state index in [1.54, 1.807) is 26.0 Å². The Morgan fingerprint density at radius 1 is 1.08 bits per heavy atom. The third-order valence-electron chi connectivity index (χ3n) is 3.54. The summed E-state index contributed by atoms with van der Waals surface area (Å²) < 4.78 is 0. The summed E-state index contributed by atoms with van der Waals surface area (Å²) in [6.45, 7) is 5.64. The molecular formula is C19H23N3O2. The van der Waals surface area contributed by atoms with Crippen LogP contribution >= 0.6 is 0 Å². The van der Waals surface area contributed by atoms with Crippen molar-refractivity contribution >= 4 is 17.5 Å². The molecule has 0 saturated heterocycles. The second-order valence-corrected chi connectivity index (χ2v) is 6.42. The fourth-order valence-corrected chi connectivity index (χ4v) is 2.08. The number of rotatable bonds is 5. The molecule has 5 heteroatoms. The van der Waals surface area contributed by atoms with Gasteiger partial charge in [-0.05, 0) is 50.6 Å². The highest BCUT2D eigenvalue weighted by atomic mass is 16.2. The second-order valence-electron chi connectivity index (χ2n) is 6.42. The van der Waals surface area contributed by atoms with Crippen molar-refractivity contribution in [2.45, 2.75) is 32.9 Å². The molecule has 0 saturated carbocycles. The lowest BCUT2D eigenvalue weighted by molar-refractivity contribution is -0.125. The van der Waals surface area contributed by atoms with E-state index in [0.29, 0.717) is 17.8 Å². The van der Waals surface area contributed by atoms with Gasteiger partial charge in [0, 0.05) is 17.8 Å². The highest BCUT2D eigenvalue weighted by Crippen LogP contribution is 2.13. The lowest BCUT2D eigenvalue weighted by Crippen LogP contribution is -2.48. The molecule has 0 unspecified atom stereocenters. The smallest absolute Gasteiger partial charge is 0.255 e. The quantitative estimate of drug-likeness (QED) is 0.790. The number of carbonyl (C=O) groups is 2. The molecule has 5 nitrogen and oxygen atoms in total. The Morgan fingerprint density at radius 3 is 2.38 bits per heavy atom. The molecule has 0 aromatic heterocycles. The molecule has 126 valence electrons. The zero-order valence-electron chi connectivity index (χ0n) is 14.2. The van der Waals surface area contributed by atoms with Crippen LogP contribution in [-0.4, -0.2) is 17.4 Å². The van der Waals surface area contributed by atoms with Crippen LogP contribution in [0.15, 0.2) is 48.5 Å². The van der Waals surface area contributed by atoms with E-state index in [1.165, 1.54) is 0 Å². The summed E-state index contributed by atoms with van der Waals surface area (Å²) in [6, 6.07) is 14.7. The summed E-state index contributed by atoms with van der Waals surface area (Å²) in [7, 11) is 0. The van der Waals surface area contributed by atoms with Crippen LogP contribution in [0, 0.1) is 6.92 Å². The number of benzene rings is 2. The molecule has 24 heavy (non-hydrogen) atoms. The van der Waals surface area contributed by atoms with Gasteiger partial charge in [-0.1, -0.05) is 29.8 Å². The normalized spacial score (nSPS) is 11.0. The fourth-order valence-electron chi connectivity index (χ4n) is 2.08. The number of hydrogen-bond acceptors (Lipinski definition) is 3. The number of anilines is 1. The average molecular weight is 325 g/mol. The van der Waals surface area contributed by atoms with Gasteiger partial charge < -0.3 is 16.4 Å². The maximum Gasteiger partial charge on any atom is 0.255 e. The van der Waals surface area contributed by atoms with Crippen LogP contribution in [0.5, 0.6) is 0 Å². The Balaban J connectivity index is 2.01. The minimum atomic E-state index is -0.919. The van der Waals surface area contributed by atoms with E-state index in [-0.39, 0.29) is 11.8 Å². The standard InChI is InChI=1S/C19H23N3O2/c1-13-7-9-15(10-8-13)17(23)22-16-6-4-5-14(11-16)12-21-18(24)19(2,3)20/h4-11H,12,20H2,1-3H3,(H,21,24)(H,22,23). The summed E-state index contributed by atoms with van der Waals surface area (Å²) in [5.41, 5.74) is 8.09. The molecule has 2 aromatic rings. The van der Waals surface area contributed by atoms with E-state index in [9.17, 15) is 9.59 Å². The zero-order valence-corrected chi connectivity index (χ0v) is 14.2. The number of carbonyl (C=O) groups excluding carboxylic acids is 2. The fraction of sp³-hybridized carbons (Fsp3) is 0.263. The molecule has 0 aliphatic heterocycles. The number of nitrogens with two attached hydrogens (primary N) is 1. The van der Waals surface area contributed by atoms with E-state index in [1.807, 2.05) is 43.3 Å². The molecular weight excluding hydrogens is 302 g/mol. The van der Waals surface area contributed by atoms with Crippen molar-refractivity contribution in [1.29, 1.82) is 0 Å². The molecule has 0 heterocycles. The maximum atomic E-state index is 12.2. The summed E-state index contributed by atoms with van der Waals surface area (Å²) in [5.74, 6) is -0.393. The molecule has 0 radical (unpaired) electrons. The van der Waals surface area contributed by atoms with Crippen LogP contribution in [0.25, 0.3) is 0 Å². The minimum absolute atomic E-state index is 0.167. The molecule has 0 bridgehead atoms. The van der Waals surface area contributed by atoms with Gasteiger partial charge in [-0.2, -0.15) is 0 Å². The number of aryl methyl sites for hydroxylation is 1. The van der Waals surface area contributed by atoms with E-state index in [0.717, 1.165) is 11.1 Å². The zero-order chi connectivity index (χ0) is 17.7. The molecule has 0 atom stereocenters. The second kappa shape index (κ2) is 7.27. The van der Waals surface area contributed by atoms with Gasteiger partial charge in [-0.15, -0.1) is 0 Å². The van der Waals surface area contributed by atoms with Crippen LogP contribution < -0.4 is 16.4 Å². The van der Waals surface area contributed by atoms with E-state index in [2.05, 4.69) is 10.6 Å². The van der Waals surface area contributed by atoms with Crippen LogP contribution in [0.2, 0.25) is 0 Å². The van der Waals surface area contributed by atoms with Crippen molar-refractivity contribution in [3.63, 3.8) is 0 Å². The van der Waals surface area contributed by atoms with E-state index < -0.39 is 5.54 Å². The third-order valence-corrected chi connectivity index (χ3v) is 3.54. The third kappa shape index (κ3) is 4.93. The Labute approximate surface area is 142 Å². The largest absolute Gasteiger partial charge is 0.350 e. The van der Waals surface area contributed by atoms with Gasteiger partial charge in [-0.3, -0.25) is 9.59 Å². The van der Waals surface area contributed by atoms with Gasteiger partial charge in [0.05, 0.1) is 5.54 Å².